The van der Waals surface area contributed by atoms with Gasteiger partial charge in [-0.2, -0.15) is 18.3 Å². The van der Waals surface area contributed by atoms with E-state index >= 15 is 0 Å². The first-order valence-corrected chi connectivity index (χ1v) is 5.84. The lowest BCUT2D eigenvalue weighted by molar-refractivity contribution is -0.136. The van der Waals surface area contributed by atoms with Gasteiger partial charge in [0.15, 0.2) is 0 Å². The van der Waals surface area contributed by atoms with Crippen LogP contribution < -0.4 is 0 Å². The van der Waals surface area contributed by atoms with Crippen molar-refractivity contribution in [3.05, 3.63) is 41.6 Å². The number of rotatable bonds is 2. The largest absolute Gasteiger partial charge is 0.478 e. The Morgan fingerprint density at radius 2 is 2.05 bits per heavy atom. The predicted octanol–water partition coefficient (Wildman–Crippen LogP) is 3.28. The molecular formula is C13H8F3N3O2. The Balaban J connectivity index is 2.23. The highest BCUT2D eigenvalue weighted by Gasteiger charge is 2.33. The van der Waals surface area contributed by atoms with E-state index in [0.29, 0.717) is 0 Å². The summed E-state index contributed by atoms with van der Waals surface area (Å²) in [7, 11) is 0. The number of benzene rings is 1. The molecule has 0 saturated carbocycles. The number of fused-ring (bicyclic) bond motifs is 1. The van der Waals surface area contributed by atoms with E-state index in [-0.39, 0.29) is 27.9 Å². The Labute approximate surface area is 115 Å². The maximum absolute atomic E-state index is 12.9. The van der Waals surface area contributed by atoms with Gasteiger partial charge in [0, 0.05) is 10.9 Å². The van der Waals surface area contributed by atoms with Crippen LogP contribution in [0.4, 0.5) is 13.2 Å². The molecule has 0 radical (unpaired) electrons. The fourth-order valence-corrected chi connectivity index (χ4v) is 2.19. The molecule has 2 aromatic heterocycles. The molecule has 0 aliphatic heterocycles. The van der Waals surface area contributed by atoms with Gasteiger partial charge in [0.1, 0.15) is 5.56 Å². The highest BCUT2D eigenvalue weighted by atomic mass is 19.4. The lowest BCUT2D eigenvalue weighted by Crippen LogP contribution is -2.04. The second-order valence-electron chi connectivity index (χ2n) is 4.41. The number of carboxylic acids is 1. The summed E-state index contributed by atoms with van der Waals surface area (Å²) >= 11 is 0. The number of hydrogen-bond acceptors (Lipinski definition) is 2. The van der Waals surface area contributed by atoms with E-state index in [4.69, 9.17) is 5.11 Å². The molecule has 3 aromatic rings. The molecule has 0 amide bonds. The third kappa shape index (κ3) is 2.14. The number of aromatic nitrogens is 3. The second-order valence-corrected chi connectivity index (χ2v) is 4.41. The standard InChI is InChI=1S/C13H8F3N3O2/c14-13(15,16)8-2-1-3-9-6(8)4-10(18-9)11-7(12(20)21)5-17-19-11/h1-5,18H,(H,17,19)(H,20,21). The Hall–Kier alpha value is -2.77. The van der Waals surface area contributed by atoms with Crippen molar-refractivity contribution < 1.29 is 23.1 Å². The summed E-state index contributed by atoms with van der Waals surface area (Å²) in [5.74, 6) is -1.21. The van der Waals surface area contributed by atoms with Crippen LogP contribution in [0.15, 0.2) is 30.5 Å². The van der Waals surface area contributed by atoms with E-state index in [0.717, 1.165) is 12.3 Å². The maximum atomic E-state index is 12.9. The first kappa shape index (κ1) is 13.2. The van der Waals surface area contributed by atoms with Crippen molar-refractivity contribution in [2.45, 2.75) is 6.18 Å². The van der Waals surface area contributed by atoms with Crippen molar-refractivity contribution in [2.24, 2.45) is 0 Å². The first-order valence-electron chi connectivity index (χ1n) is 5.84. The van der Waals surface area contributed by atoms with E-state index < -0.39 is 17.7 Å². The normalized spacial score (nSPS) is 12.0. The Bertz CT molecular complexity index is 833. The zero-order chi connectivity index (χ0) is 15.2. The zero-order valence-corrected chi connectivity index (χ0v) is 10.3. The number of halogens is 3. The Morgan fingerprint density at radius 1 is 1.29 bits per heavy atom. The topological polar surface area (TPSA) is 81.8 Å². The molecule has 5 nitrogen and oxygen atoms in total. The molecule has 0 bridgehead atoms. The van der Waals surface area contributed by atoms with Crippen molar-refractivity contribution in [1.82, 2.24) is 15.2 Å². The minimum atomic E-state index is -4.48. The van der Waals surface area contributed by atoms with Crippen LogP contribution in [0, 0.1) is 0 Å². The summed E-state index contributed by atoms with van der Waals surface area (Å²) in [6.45, 7) is 0. The van der Waals surface area contributed by atoms with E-state index in [9.17, 15) is 18.0 Å². The van der Waals surface area contributed by atoms with Crippen LogP contribution in [0.1, 0.15) is 15.9 Å². The minimum absolute atomic E-state index is 0.0223. The number of nitrogens with one attached hydrogen (secondary N) is 2. The van der Waals surface area contributed by atoms with Crippen molar-refractivity contribution in [1.29, 1.82) is 0 Å². The molecule has 0 unspecified atom stereocenters. The summed E-state index contributed by atoms with van der Waals surface area (Å²) in [4.78, 5) is 13.8. The van der Waals surface area contributed by atoms with Crippen molar-refractivity contribution in [3.63, 3.8) is 0 Å². The molecule has 8 heteroatoms. The van der Waals surface area contributed by atoms with E-state index in [1.807, 2.05) is 0 Å². The highest BCUT2D eigenvalue weighted by molar-refractivity contribution is 5.96. The number of alkyl halides is 3. The Kier molecular flexibility index (Phi) is 2.75. The molecule has 0 atom stereocenters. The van der Waals surface area contributed by atoms with Gasteiger partial charge in [0.25, 0.3) is 0 Å². The van der Waals surface area contributed by atoms with E-state index in [1.165, 1.54) is 18.2 Å². The van der Waals surface area contributed by atoms with Crippen LogP contribution in [0.3, 0.4) is 0 Å². The molecule has 0 spiro atoms. The number of nitrogens with zero attached hydrogens (tertiary/aromatic N) is 1. The predicted molar refractivity (Wildman–Crippen MR) is 67.8 cm³/mol. The van der Waals surface area contributed by atoms with Gasteiger partial charge < -0.3 is 10.1 Å². The Morgan fingerprint density at radius 3 is 2.71 bits per heavy atom. The summed E-state index contributed by atoms with van der Waals surface area (Å²) in [5.41, 5.74) is -0.261. The molecule has 21 heavy (non-hydrogen) atoms. The van der Waals surface area contributed by atoms with Crippen LogP contribution in [-0.2, 0) is 6.18 Å². The molecule has 3 rings (SSSR count). The van der Waals surface area contributed by atoms with Gasteiger partial charge in [-0.15, -0.1) is 0 Å². The smallest absolute Gasteiger partial charge is 0.417 e. The average molecular weight is 295 g/mol. The molecule has 0 fully saturated rings. The molecule has 0 aliphatic carbocycles. The van der Waals surface area contributed by atoms with Crippen molar-refractivity contribution in [3.8, 4) is 11.4 Å². The number of aromatic carboxylic acids is 1. The molecule has 3 N–H and O–H groups in total. The number of H-pyrrole nitrogens is 2. The summed E-state index contributed by atoms with van der Waals surface area (Å²) in [6.07, 6.45) is -3.38. The monoisotopic (exact) mass is 295 g/mol. The molecular weight excluding hydrogens is 287 g/mol. The fourth-order valence-electron chi connectivity index (χ4n) is 2.19. The molecule has 1 aromatic carbocycles. The number of aromatic amines is 2. The lowest BCUT2D eigenvalue weighted by atomic mass is 10.1. The van der Waals surface area contributed by atoms with Gasteiger partial charge in [-0.3, -0.25) is 5.10 Å². The van der Waals surface area contributed by atoms with Gasteiger partial charge >= 0.3 is 12.1 Å². The lowest BCUT2D eigenvalue weighted by Gasteiger charge is -2.06. The number of carboxylic acid groups (broad SMARTS) is 1. The number of carbonyl (C=O) groups is 1. The summed E-state index contributed by atoms with van der Waals surface area (Å²) in [6, 6.07) is 5.02. The quantitative estimate of drug-likeness (QED) is 0.678. The van der Waals surface area contributed by atoms with Gasteiger partial charge in [0.2, 0.25) is 0 Å². The van der Waals surface area contributed by atoms with Crippen LogP contribution in [0.25, 0.3) is 22.3 Å². The van der Waals surface area contributed by atoms with E-state index in [1.54, 1.807) is 0 Å². The third-order valence-corrected chi connectivity index (χ3v) is 3.11. The fraction of sp³-hybridized carbons (Fsp3) is 0.0769. The average Bonchev–Trinajstić information content (AvgIpc) is 3.02. The van der Waals surface area contributed by atoms with Crippen LogP contribution in [0.2, 0.25) is 0 Å². The van der Waals surface area contributed by atoms with Crippen molar-refractivity contribution in [2.75, 3.05) is 0 Å². The van der Waals surface area contributed by atoms with Crippen LogP contribution >= 0.6 is 0 Å². The molecule has 0 saturated heterocycles. The van der Waals surface area contributed by atoms with Gasteiger partial charge in [-0.05, 0) is 18.2 Å². The SMILES string of the molecule is O=C(O)c1cn[nH]c1-c1cc2c(C(F)(F)F)cccc2[nH]1. The zero-order valence-electron chi connectivity index (χ0n) is 10.3. The molecule has 108 valence electrons. The van der Waals surface area contributed by atoms with Crippen LogP contribution in [0.5, 0.6) is 0 Å². The number of hydrogen-bond donors (Lipinski definition) is 3. The van der Waals surface area contributed by atoms with Gasteiger partial charge in [-0.25, -0.2) is 4.79 Å². The minimum Gasteiger partial charge on any atom is -0.478 e. The summed E-state index contributed by atoms with van der Waals surface area (Å²) in [5, 5.41) is 15.1. The van der Waals surface area contributed by atoms with Gasteiger partial charge in [-0.1, -0.05) is 6.07 Å². The first-order chi connectivity index (χ1) is 9.88. The molecule has 2 heterocycles. The van der Waals surface area contributed by atoms with E-state index in [2.05, 4.69) is 15.2 Å². The van der Waals surface area contributed by atoms with Crippen molar-refractivity contribution >= 4 is 16.9 Å². The summed E-state index contributed by atoms with van der Waals surface area (Å²) < 4.78 is 38.8. The molecule has 0 aliphatic rings. The highest BCUT2D eigenvalue weighted by Crippen LogP contribution is 2.36. The van der Waals surface area contributed by atoms with Crippen LogP contribution in [-0.4, -0.2) is 26.3 Å². The second kappa shape index (κ2) is 4.37. The van der Waals surface area contributed by atoms with Gasteiger partial charge in [0.05, 0.1) is 23.1 Å². The third-order valence-electron chi connectivity index (χ3n) is 3.11. The maximum Gasteiger partial charge on any atom is 0.417 e.